The van der Waals surface area contributed by atoms with Crippen molar-refractivity contribution >= 4 is 18.4 Å². The Balaban J connectivity index is 2.11. The summed E-state index contributed by atoms with van der Waals surface area (Å²) in [6.45, 7) is 2.00. The van der Waals surface area contributed by atoms with Crippen LogP contribution in [-0.2, 0) is 30.5 Å². The topological polar surface area (TPSA) is 61.8 Å². The summed E-state index contributed by atoms with van der Waals surface area (Å²) in [5.74, 6) is 0.592. The number of benzene rings is 2. The van der Waals surface area contributed by atoms with Gasteiger partial charge in [0.25, 0.3) is 0 Å². The van der Waals surface area contributed by atoms with Crippen molar-refractivity contribution in [1.29, 1.82) is 0 Å². The first-order chi connectivity index (χ1) is 11.8. The van der Waals surface area contributed by atoms with Crippen molar-refractivity contribution in [3.05, 3.63) is 59.7 Å². The fourth-order valence-corrected chi connectivity index (χ4v) is 5.22. The van der Waals surface area contributed by atoms with E-state index in [0.29, 0.717) is 11.8 Å². The average molecular weight is 381 g/mol. The van der Waals surface area contributed by atoms with Crippen molar-refractivity contribution in [2.75, 3.05) is 21.3 Å². The van der Waals surface area contributed by atoms with Gasteiger partial charge >= 0.3 is 8.56 Å². The van der Waals surface area contributed by atoms with Gasteiger partial charge in [0.1, 0.15) is 5.75 Å². The molecule has 0 N–H and O–H groups in total. The normalized spacial score (nSPS) is 12.2. The van der Waals surface area contributed by atoms with Crippen LogP contribution in [0.1, 0.15) is 11.1 Å². The number of sulfone groups is 1. The summed E-state index contributed by atoms with van der Waals surface area (Å²) >= 11 is 0. The zero-order valence-corrected chi connectivity index (χ0v) is 16.8. The first-order valence-electron chi connectivity index (χ1n) is 7.87. The fourth-order valence-electron chi connectivity index (χ4n) is 2.44. The predicted octanol–water partition coefficient (Wildman–Crippen LogP) is 3.12. The van der Waals surface area contributed by atoms with Crippen LogP contribution in [0.3, 0.4) is 0 Å². The molecular formula is C18H24O5SSi. The molecule has 0 saturated heterocycles. The third-order valence-electron chi connectivity index (χ3n) is 4.19. The fraction of sp³-hybridized carbons (Fsp3) is 0.333. The van der Waals surface area contributed by atoms with Crippen LogP contribution in [0.4, 0.5) is 0 Å². The molecule has 0 heterocycles. The summed E-state index contributed by atoms with van der Waals surface area (Å²) in [5, 5.41) is 0. The van der Waals surface area contributed by atoms with E-state index in [2.05, 4.69) is 0 Å². The number of methoxy groups -OCH3 is 1. The highest BCUT2D eigenvalue weighted by Gasteiger charge is 2.29. The number of hydrogen-bond acceptors (Lipinski definition) is 5. The molecule has 0 saturated carbocycles. The minimum absolute atomic E-state index is 0.0388. The molecule has 0 aliphatic heterocycles. The summed E-state index contributed by atoms with van der Waals surface area (Å²) < 4.78 is 41.1. The Morgan fingerprint density at radius 2 is 1.36 bits per heavy atom. The molecule has 0 spiro atoms. The molecule has 0 unspecified atom stereocenters. The van der Waals surface area contributed by atoms with E-state index >= 15 is 0 Å². The minimum Gasteiger partial charge on any atom is -0.497 e. The van der Waals surface area contributed by atoms with Crippen LogP contribution in [0.2, 0.25) is 6.55 Å². The van der Waals surface area contributed by atoms with Gasteiger partial charge in [-0.15, -0.1) is 0 Å². The maximum absolute atomic E-state index is 12.5. The van der Waals surface area contributed by atoms with E-state index in [0.717, 1.165) is 11.1 Å². The lowest BCUT2D eigenvalue weighted by Crippen LogP contribution is -2.39. The Labute approximate surface area is 150 Å². The second-order valence-electron chi connectivity index (χ2n) is 5.97. The Morgan fingerprint density at radius 1 is 0.840 bits per heavy atom. The zero-order chi connectivity index (χ0) is 18.5. The van der Waals surface area contributed by atoms with Crippen LogP contribution >= 0.6 is 0 Å². The van der Waals surface area contributed by atoms with Gasteiger partial charge < -0.3 is 13.6 Å². The monoisotopic (exact) mass is 380 g/mol. The molecule has 0 aromatic heterocycles. The maximum Gasteiger partial charge on any atom is 0.338 e. The van der Waals surface area contributed by atoms with E-state index in [-0.39, 0.29) is 10.6 Å². The van der Waals surface area contributed by atoms with Crippen LogP contribution < -0.4 is 4.74 Å². The van der Waals surface area contributed by atoms with E-state index in [1.165, 1.54) is 0 Å². The highest BCUT2D eigenvalue weighted by atomic mass is 32.2. The summed E-state index contributed by atoms with van der Waals surface area (Å²) in [7, 11) is -0.722. The Kier molecular flexibility index (Phi) is 6.40. The minimum atomic E-state index is -3.39. The number of ether oxygens (including phenoxy) is 1. The summed E-state index contributed by atoms with van der Waals surface area (Å²) in [4.78, 5) is 0.288. The molecule has 0 fully saturated rings. The van der Waals surface area contributed by atoms with Crippen LogP contribution in [0, 0.1) is 0 Å². The molecule has 0 atom stereocenters. The van der Waals surface area contributed by atoms with E-state index in [9.17, 15) is 8.42 Å². The third-order valence-corrected chi connectivity index (χ3v) is 8.67. The molecular weight excluding hydrogens is 356 g/mol. The van der Waals surface area contributed by atoms with Crippen molar-refractivity contribution in [3.8, 4) is 5.75 Å². The number of rotatable bonds is 8. The van der Waals surface area contributed by atoms with E-state index in [1.807, 2.05) is 30.8 Å². The van der Waals surface area contributed by atoms with Crippen LogP contribution in [0.5, 0.6) is 5.75 Å². The average Bonchev–Trinajstić information content (AvgIpc) is 2.63. The summed E-state index contributed by atoms with van der Waals surface area (Å²) in [6.07, 6.45) is 0. The van der Waals surface area contributed by atoms with Gasteiger partial charge in [-0.1, -0.05) is 24.3 Å². The molecule has 0 bridgehead atoms. The molecule has 2 aromatic carbocycles. The molecule has 7 heteroatoms. The summed E-state index contributed by atoms with van der Waals surface area (Å²) in [5.41, 5.74) is 1.82. The molecule has 5 nitrogen and oxygen atoms in total. The zero-order valence-electron chi connectivity index (χ0n) is 15.0. The standard InChI is InChI=1S/C18H24O5SSi/c1-21-17-9-11-18(12-10-17)24(19,20)13-15-5-7-16(8-6-15)14-25(4,22-2)23-3/h5-12H,13-14H2,1-4H3. The lowest BCUT2D eigenvalue weighted by molar-refractivity contribution is 0.249. The molecule has 0 radical (unpaired) electrons. The first-order valence-corrected chi connectivity index (χ1v) is 12.0. The van der Waals surface area contributed by atoms with E-state index in [4.69, 9.17) is 13.6 Å². The maximum atomic E-state index is 12.5. The lowest BCUT2D eigenvalue weighted by Gasteiger charge is -2.22. The van der Waals surface area contributed by atoms with Gasteiger partial charge in [0.2, 0.25) is 0 Å². The second kappa shape index (κ2) is 8.14. The van der Waals surface area contributed by atoms with Gasteiger partial charge in [-0.2, -0.15) is 0 Å². The molecule has 25 heavy (non-hydrogen) atoms. The van der Waals surface area contributed by atoms with Gasteiger partial charge in [0.15, 0.2) is 9.84 Å². The highest BCUT2D eigenvalue weighted by Crippen LogP contribution is 2.21. The van der Waals surface area contributed by atoms with Crippen molar-refractivity contribution in [2.24, 2.45) is 0 Å². The van der Waals surface area contributed by atoms with Crippen molar-refractivity contribution in [1.82, 2.24) is 0 Å². The molecule has 2 rings (SSSR count). The smallest absolute Gasteiger partial charge is 0.338 e. The van der Waals surface area contributed by atoms with Crippen molar-refractivity contribution in [3.63, 3.8) is 0 Å². The summed E-state index contributed by atoms with van der Waals surface area (Å²) in [6, 6.07) is 14.7. The van der Waals surface area contributed by atoms with E-state index < -0.39 is 18.4 Å². The predicted molar refractivity (Wildman–Crippen MR) is 99.7 cm³/mol. The Morgan fingerprint density at radius 3 is 1.84 bits per heavy atom. The van der Waals surface area contributed by atoms with Crippen LogP contribution in [-0.4, -0.2) is 38.3 Å². The molecule has 0 amide bonds. The van der Waals surface area contributed by atoms with E-state index in [1.54, 1.807) is 45.6 Å². The number of hydrogen-bond donors (Lipinski definition) is 0. The SMILES string of the molecule is COc1ccc(S(=O)(=O)Cc2ccc(C[Si](C)(OC)OC)cc2)cc1. The lowest BCUT2D eigenvalue weighted by atomic mass is 10.2. The third kappa shape index (κ3) is 5.15. The molecule has 2 aromatic rings. The highest BCUT2D eigenvalue weighted by molar-refractivity contribution is 7.90. The van der Waals surface area contributed by atoms with Crippen LogP contribution in [0.25, 0.3) is 0 Å². The molecule has 0 aliphatic rings. The first kappa shape index (κ1) is 19.6. The van der Waals surface area contributed by atoms with Crippen molar-refractivity contribution in [2.45, 2.75) is 23.2 Å². The van der Waals surface area contributed by atoms with Gasteiger partial charge in [-0.25, -0.2) is 8.42 Å². The van der Waals surface area contributed by atoms with Gasteiger partial charge in [0, 0.05) is 20.3 Å². The molecule has 136 valence electrons. The largest absolute Gasteiger partial charge is 0.497 e. The Hall–Kier alpha value is -1.67. The Bertz CT molecular complexity index is 781. The van der Waals surface area contributed by atoms with Gasteiger partial charge in [-0.05, 0) is 41.9 Å². The quantitative estimate of drug-likeness (QED) is 0.659. The van der Waals surface area contributed by atoms with Crippen molar-refractivity contribution < 1.29 is 22.0 Å². The van der Waals surface area contributed by atoms with Gasteiger partial charge in [-0.3, -0.25) is 0 Å². The second-order valence-corrected chi connectivity index (χ2v) is 11.4. The molecule has 0 aliphatic carbocycles. The van der Waals surface area contributed by atoms with Gasteiger partial charge in [0.05, 0.1) is 17.8 Å². The van der Waals surface area contributed by atoms with Crippen LogP contribution in [0.15, 0.2) is 53.4 Å².